The van der Waals surface area contributed by atoms with Gasteiger partial charge in [-0.25, -0.2) is 19.2 Å². The summed E-state index contributed by atoms with van der Waals surface area (Å²) in [7, 11) is 0. The molecule has 220 valence electrons. The van der Waals surface area contributed by atoms with Gasteiger partial charge in [-0.1, -0.05) is 54.6 Å². The van der Waals surface area contributed by atoms with Crippen molar-refractivity contribution in [1.29, 1.82) is 0 Å². The second kappa shape index (κ2) is 11.9. The monoisotopic (exact) mass is 584 g/mol. The zero-order valence-electron chi connectivity index (χ0n) is 23.3. The summed E-state index contributed by atoms with van der Waals surface area (Å²) in [5.41, 5.74) is -4.36. The third kappa shape index (κ3) is 6.02. The standard InChI is InChI=1S/C32H28N2O9/c1-31(20-40-27(36)21-12-6-3-7-13-21)25(41-28(37)22-14-8-4-9-15-22)26(42-29(38)23-16-10-5-11-17-23)32(2,43-31)34-19-18-24(35)33-30(34)39/h3-19,25-26H,20H2,1-2H3,(H,33,35,39)/t25-,26+,31+,32?/m0/s1. The maximum atomic E-state index is 13.4. The van der Waals surface area contributed by atoms with Crippen LogP contribution in [0.3, 0.4) is 0 Å². The Morgan fingerprint density at radius 1 is 0.721 bits per heavy atom. The zero-order chi connectivity index (χ0) is 30.6. The van der Waals surface area contributed by atoms with Crippen LogP contribution >= 0.6 is 0 Å². The second-order valence-electron chi connectivity index (χ2n) is 10.3. The van der Waals surface area contributed by atoms with Gasteiger partial charge >= 0.3 is 23.6 Å². The van der Waals surface area contributed by atoms with Gasteiger partial charge in [0.25, 0.3) is 5.56 Å². The molecule has 43 heavy (non-hydrogen) atoms. The van der Waals surface area contributed by atoms with Gasteiger partial charge in [0.15, 0.2) is 17.9 Å². The second-order valence-corrected chi connectivity index (χ2v) is 10.3. The third-order valence-electron chi connectivity index (χ3n) is 7.13. The summed E-state index contributed by atoms with van der Waals surface area (Å²) in [5, 5.41) is 0. The Hall–Kier alpha value is -5.29. The van der Waals surface area contributed by atoms with E-state index in [-0.39, 0.29) is 16.7 Å². The molecule has 0 bridgehead atoms. The molecule has 1 saturated heterocycles. The highest BCUT2D eigenvalue weighted by Crippen LogP contribution is 2.45. The number of benzene rings is 3. The Morgan fingerprint density at radius 3 is 1.67 bits per heavy atom. The Labute approximate surface area is 245 Å². The number of rotatable bonds is 8. The molecule has 11 nitrogen and oxygen atoms in total. The van der Waals surface area contributed by atoms with Gasteiger partial charge in [-0.05, 0) is 50.2 Å². The van der Waals surface area contributed by atoms with Crippen molar-refractivity contribution in [3.63, 3.8) is 0 Å². The lowest BCUT2D eigenvalue weighted by Gasteiger charge is -2.32. The smallest absolute Gasteiger partial charge is 0.338 e. The molecular weight excluding hydrogens is 556 g/mol. The average Bonchev–Trinajstić information content (AvgIpc) is 3.22. The summed E-state index contributed by atoms with van der Waals surface area (Å²) >= 11 is 0. The van der Waals surface area contributed by atoms with Crippen molar-refractivity contribution < 1.29 is 33.3 Å². The van der Waals surface area contributed by atoms with Crippen LogP contribution in [0.15, 0.2) is 113 Å². The molecule has 11 heteroatoms. The van der Waals surface area contributed by atoms with Crippen LogP contribution in [-0.2, 0) is 24.7 Å². The van der Waals surface area contributed by atoms with Crippen molar-refractivity contribution in [2.75, 3.05) is 6.61 Å². The lowest BCUT2D eigenvalue weighted by molar-refractivity contribution is -0.175. The van der Waals surface area contributed by atoms with E-state index in [9.17, 15) is 24.0 Å². The number of carbonyl (C=O) groups is 3. The van der Waals surface area contributed by atoms with E-state index < -0.39 is 59.3 Å². The molecule has 1 aliphatic heterocycles. The summed E-state index contributed by atoms with van der Waals surface area (Å²) < 4.78 is 25.0. The van der Waals surface area contributed by atoms with E-state index in [2.05, 4.69) is 4.98 Å². The first-order chi connectivity index (χ1) is 20.6. The predicted molar refractivity (Wildman–Crippen MR) is 152 cm³/mol. The molecule has 0 spiro atoms. The van der Waals surface area contributed by atoms with E-state index in [0.717, 1.165) is 10.6 Å². The number of ether oxygens (including phenoxy) is 4. The molecule has 1 fully saturated rings. The third-order valence-corrected chi connectivity index (χ3v) is 7.13. The number of aromatic amines is 1. The molecule has 1 aliphatic rings. The minimum absolute atomic E-state index is 0.191. The minimum Gasteiger partial charge on any atom is -0.459 e. The van der Waals surface area contributed by atoms with Crippen LogP contribution in [0.4, 0.5) is 0 Å². The van der Waals surface area contributed by atoms with Crippen LogP contribution in [0.1, 0.15) is 44.9 Å². The van der Waals surface area contributed by atoms with Crippen molar-refractivity contribution in [1.82, 2.24) is 9.55 Å². The molecular formula is C32H28N2O9. The number of nitrogens with zero attached hydrogens (tertiary/aromatic N) is 1. The summed E-state index contributed by atoms with van der Waals surface area (Å²) in [6, 6.07) is 25.5. The first kappa shape index (κ1) is 29.2. The number of hydrogen-bond acceptors (Lipinski definition) is 9. The van der Waals surface area contributed by atoms with Gasteiger partial charge in [0.1, 0.15) is 12.2 Å². The number of esters is 3. The molecule has 0 radical (unpaired) electrons. The van der Waals surface area contributed by atoms with Crippen LogP contribution in [0.5, 0.6) is 0 Å². The molecule has 0 aliphatic carbocycles. The van der Waals surface area contributed by atoms with E-state index >= 15 is 0 Å². The van der Waals surface area contributed by atoms with Crippen molar-refractivity contribution in [3.05, 3.63) is 141 Å². The topological polar surface area (TPSA) is 143 Å². The fourth-order valence-electron chi connectivity index (χ4n) is 4.99. The van der Waals surface area contributed by atoms with Gasteiger partial charge in [-0.2, -0.15) is 0 Å². The lowest BCUT2D eigenvalue weighted by Crippen LogP contribution is -2.52. The molecule has 4 aromatic rings. The molecule has 0 amide bonds. The summed E-state index contributed by atoms with van der Waals surface area (Å²) in [5.74, 6) is -2.23. The number of nitrogens with one attached hydrogen (secondary N) is 1. The maximum Gasteiger partial charge on any atom is 0.338 e. The molecule has 1 aromatic heterocycles. The van der Waals surface area contributed by atoms with E-state index in [1.165, 1.54) is 32.2 Å². The van der Waals surface area contributed by atoms with E-state index in [0.29, 0.717) is 0 Å². The minimum atomic E-state index is -1.85. The van der Waals surface area contributed by atoms with Crippen molar-refractivity contribution >= 4 is 17.9 Å². The summed E-state index contributed by atoms with van der Waals surface area (Å²) in [4.78, 5) is 66.7. The Bertz CT molecular complexity index is 1740. The number of hydrogen-bond donors (Lipinski definition) is 1. The van der Waals surface area contributed by atoms with Crippen molar-refractivity contribution in [2.24, 2.45) is 0 Å². The number of carbonyl (C=O) groups excluding carboxylic acids is 3. The summed E-state index contributed by atoms with van der Waals surface area (Å²) in [6.45, 7) is 2.50. The summed E-state index contributed by atoms with van der Waals surface area (Å²) in [6.07, 6.45) is -1.68. The number of aromatic nitrogens is 2. The van der Waals surface area contributed by atoms with Crippen LogP contribution in [0, 0.1) is 0 Å². The number of H-pyrrole nitrogens is 1. The van der Waals surface area contributed by atoms with Gasteiger partial charge in [0, 0.05) is 12.3 Å². The highest BCUT2D eigenvalue weighted by molar-refractivity contribution is 5.91. The lowest BCUT2D eigenvalue weighted by atomic mass is 9.94. The van der Waals surface area contributed by atoms with Gasteiger partial charge in [0.05, 0.1) is 16.7 Å². The van der Waals surface area contributed by atoms with Crippen molar-refractivity contribution in [2.45, 2.75) is 37.4 Å². The Balaban J connectivity index is 1.59. The maximum absolute atomic E-state index is 13.4. The predicted octanol–water partition coefficient (Wildman–Crippen LogP) is 3.31. The molecule has 1 unspecified atom stereocenters. The first-order valence-corrected chi connectivity index (χ1v) is 13.4. The Kier molecular flexibility index (Phi) is 8.09. The fraction of sp³-hybridized carbons (Fsp3) is 0.219. The highest BCUT2D eigenvalue weighted by Gasteiger charge is 2.64. The normalized spacial score (nSPS) is 22.8. The first-order valence-electron chi connectivity index (χ1n) is 13.4. The quantitative estimate of drug-likeness (QED) is 0.244. The van der Waals surface area contributed by atoms with E-state index in [1.54, 1.807) is 78.9 Å². The molecule has 4 atom stereocenters. The molecule has 1 N–H and O–H groups in total. The zero-order valence-corrected chi connectivity index (χ0v) is 23.3. The van der Waals surface area contributed by atoms with E-state index in [4.69, 9.17) is 18.9 Å². The highest BCUT2D eigenvalue weighted by atomic mass is 16.7. The van der Waals surface area contributed by atoms with E-state index in [1.807, 2.05) is 0 Å². The van der Waals surface area contributed by atoms with Gasteiger partial charge in [-0.3, -0.25) is 14.3 Å². The molecule has 5 rings (SSSR count). The SMILES string of the molecule is CC1(n2ccc(=O)[nH]c2=O)O[C@](C)(COC(=O)c2ccccc2)[C@@H](OC(=O)c2ccccc2)[C@H]1OC(=O)c1ccccc1. The van der Waals surface area contributed by atoms with Crippen LogP contribution < -0.4 is 11.2 Å². The van der Waals surface area contributed by atoms with Crippen molar-refractivity contribution in [3.8, 4) is 0 Å². The van der Waals surface area contributed by atoms with Gasteiger partial charge in [0.2, 0.25) is 0 Å². The Morgan fingerprint density at radius 2 is 1.19 bits per heavy atom. The van der Waals surface area contributed by atoms with Gasteiger partial charge < -0.3 is 18.9 Å². The van der Waals surface area contributed by atoms with Crippen LogP contribution in [-0.4, -0.2) is 51.9 Å². The van der Waals surface area contributed by atoms with Gasteiger partial charge in [-0.15, -0.1) is 0 Å². The van der Waals surface area contributed by atoms with Crippen LogP contribution in [0.2, 0.25) is 0 Å². The average molecular weight is 585 g/mol. The molecule has 3 aromatic carbocycles. The largest absolute Gasteiger partial charge is 0.459 e. The van der Waals surface area contributed by atoms with Crippen LogP contribution in [0.25, 0.3) is 0 Å². The fourth-order valence-corrected chi connectivity index (χ4v) is 4.99. The molecule has 2 heterocycles. The molecule has 0 saturated carbocycles.